The van der Waals surface area contributed by atoms with Gasteiger partial charge in [-0.05, 0) is 19.1 Å². The van der Waals surface area contributed by atoms with Gasteiger partial charge in [-0.25, -0.2) is 0 Å². The zero-order valence-electron chi connectivity index (χ0n) is 10.3. The van der Waals surface area contributed by atoms with E-state index in [1.807, 2.05) is 25.1 Å². The van der Waals surface area contributed by atoms with Gasteiger partial charge in [-0.1, -0.05) is 6.07 Å². The maximum absolute atomic E-state index is 5.57. The molecular weight excluding hydrogens is 230 g/mol. The monoisotopic (exact) mass is 245 g/mol. The summed E-state index contributed by atoms with van der Waals surface area (Å²) in [5.74, 6) is 1.22. The van der Waals surface area contributed by atoms with Crippen molar-refractivity contribution in [1.29, 1.82) is 0 Å². The largest absolute Gasteiger partial charge is 0.481 e. The topological polar surface area (TPSA) is 86.0 Å². The molecule has 0 unspecified atom stereocenters. The fourth-order valence-corrected chi connectivity index (χ4v) is 1.52. The smallest absolute Gasteiger partial charge is 0.225 e. The van der Waals surface area contributed by atoms with Crippen LogP contribution in [0.25, 0.3) is 0 Å². The lowest BCUT2D eigenvalue weighted by molar-refractivity contribution is 0.398. The van der Waals surface area contributed by atoms with Crippen LogP contribution in [0.1, 0.15) is 11.4 Å². The predicted molar refractivity (Wildman–Crippen MR) is 69.3 cm³/mol. The Morgan fingerprint density at radius 2 is 2.11 bits per heavy atom. The lowest BCUT2D eigenvalue weighted by atomic mass is 10.3. The molecule has 0 aliphatic heterocycles. The van der Waals surface area contributed by atoms with Crippen molar-refractivity contribution >= 4 is 11.8 Å². The fraction of sp³-hybridized carbons (Fsp3) is 0.250. The van der Waals surface area contributed by atoms with E-state index in [2.05, 4.69) is 20.3 Å². The predicted octanol–water partition coefficient (Wildman–Crippen LogP) is 1.38. The molecule has 0 saturated carbocycles. The van der Waals surface area contributed by atoms with Gasteiger partial charge >= 0.3 is 0 Å². The van der Waals surface area contributed by atoms with Crippen LogP contribution in [-0.4, -0.2) is 22.1 Å². The number of aromatic nitrogens is 3. The van der Waals surface area contributed by atoms with E-state index >= 15 is 0 Å². The zero-order valence-corrected chi connectivity index (χ0v) is 10.3. The van der Waals surface area contributed by atoms with Crippen molar-refractivity contribution < 1.29 is 4.74 Å². The van der Waals surface area contributed by atoms with Crippen molar-refractivity contribution in [3.63, 3.8) is 0 Å². The highest BCUT2D eigenvalue weighted by molar-refractivity contribution is 5.43. The number of hydrogen-bond donors (Lipinski definition) is 2. The molecule has 0 atom stereocenters. The lowest BCUT2D eigenvalue weighted by Gasteiger charge is -2.07. The molecule has 94 valence electrons. The SMILES string of the molecule is COc1cc(NCc2cccc(C)n2)nc(N)n1. The number of nitrogens with one attached hydrogen (secondary N) is 1. The highest BCUT2D eigenvalue weighted by atomic mass is 16.5. The molecule has 0 aliphatic rings. The van der Waals surface area contributed by atoms with Crippen LogP contribution in [0.3, 0.4) is 0 Å². The summed E-state index contributed by atoms with van der Waals surface area (Å²) in [4.78, 5) is 12.4. The minimum Gasteiger partial charge on any atom is -0.481 e. The van der Waals surface area contributed by atoms with Gasteiger partial charge in [-0.2, -0.15) is 9.97 Å². The molecule has 0 amide bonds. The molecule has 2 rings (SSSR count). The Balaban J connectivity index is 2.08. The van der Waals surface area contributed by atoms with E-state index in [-0.39, 0.29) is 5.95 Å². The molecule has 0 spiro atoms. The fourth-order valence-electron chi connectivity index (χ4n) is 1.52. The molecule has 3 N–H and O–H groups in total. The third kappa shape index (κ3) is 3.07. The number of nitrogen functional groups attached to an aromatic ring is 1. The van der Waals surface area contributed by atoms with Crippen molar-refractivity contribution in [3.8, 4) is 5.88 Å². The van der Waals surface area contributed by atoms with Gasteiger partial charge in [0.15, 0.2) is 0 Å². The molecule has 0 fully saturated rings. The Labute approximate surface area is 105 Å². The normalized spacial score (nSPS) is 10.1. The number of anilines is 2. The standard InChI is InChI=1S/C12H15N5O/c1-8-4-3-5-9(15-8)7-14-10-6-11(18-2)17-12(13)16-10/h3-6H,7H2,1-2H3,(H3,13,14,16,17). The summed E-state index contributed by atoms with van der Waals surface area (Å²) in [5.41, 5.74) is 7.49. The van der Waals surface area contributed by atoms with Gasteiger partial charge in [0, 0.05) is 11.8 Å². The molecule has 0 saturated heterocycles. The Kier molecular flexibility index (Phi) is 3.57. The summed E-state index contributed by atoms with van der Waals surface area (Å²) in [6.45, 7) is 2.52. The van der Waals surface area contributed by atoms with Crippen LogP contribution in [0.15, 0.2) is 24.3 Å². The highest BCUT2D eigenvalue weighted by Gasteiger charge is 2.02. The number of aryl methyl sites for hydroxylation is 1. The van der Waals surface area contributed by atoms with Gasteiger partial charge in [0.25, 0.3) is 0 Å². The average Bonchev–Trinajstić information content (AvgIpc) is 2.36. The van der Waals surface area contributed by atoms with Gasteiger partial charge in [0.1, 0.15) is 5.82 Å². The molecular formula is C12H15N5O. The number of ether oxygens (including phenoxy) is 1. The molecule has 2 aromatic heterocycles. The number of rotatable bonds is 4. The molecule has 0 aromatic carbocycles. The van der Waals surface area contributed by atoms with Gasteiger partial charge in [-0.15, -0.1) is 0 Å². The first kappa shape index (κ1) is 12.1. The minimum absolute atomic E-state index is 0.175. The van der Waals surface area contributed by atoms with E-state index in [9.17, 15) is 0 Å². The van der Waals surface area contributed by atoms with Crippen molar-refractivity contribution in [2.24, 2.45) is 0 Å². The number of nitrogens with two attached hydrogens (primary N) is 1. The molecule has 0 radical (unpaired) electrons. The average molecular weight is 245 g/mol. The summed E-state index contributed by atoms with van der Waals surface area (Å²) in [7, 11) is 1.54. The van der Waals surface area contributed by atoms with Gasteiger partial charge in [-0.3, -0.25) is 4.98 Å². The Morgan fingerprint density at radius 1 is 1.28 bits per heavy atom. The van der Waals surface area contributed by atoms with E-state index in [4.69, 9.17) is 10.5 Å². The van der Waals surface area contributed by atoms with Crippen LogP contribution >= 0.6 is 0 Å². The van der Waals surface area contributed by atoms with Crippen LogP contribution in [0.5, 0.6) is 5.88 Å². The van der Waals surface area contributed by atoms with Crippen molar-refractivity contribution in [3.05, 3.63) is 35.7 Å². The van der Waals surface area contributed by atoms with E-state index < -0.39 is 0 Å². The van der Waals surface area contributed by atoms with Crippen LogP contribution in [0, 0.1) is 6.92 Å². The quantitative estimate of drug-likeness (QED) is 0.846. The Bertz CT molecular complexity index is 544. The molecule has 0 aliphatic carbocycles. The summed E-state index contributed by atoms with van der Waals surface area (Å²) in [6.07, 6.45) is 0. The third-order valence-corrected chi connectivity index (χ3v) is 2.33. The second-order valence-corrected chi connectivity index (χ2v) is 3.78. The van der Waals surface area contributed by atoms with Crippen molar-refractivity contribution in [1.82, 2.24) is 15.0 Å². The summed E-state index contributed by atoms with van der Waals surface area (Å²) in [6, 6.07) is 7.55. The van der Waals surface area contributed by atoms with E-state index in [0.717, 1.165) is 11.4 Å². The molecule has 2 aromatic rings. The van der Waals surface area contributed by atoms with Crippen LogP contribution in [0.4, 0.5) is 11.8 Å². The number of hydrogen-bond acceptors (Lipinski definition) is 6. The maximum atomic E-state index is 5.57. The summed E-state index contributed by atoms with van der Waals surface area (Å²) < 4.78 is 5.02. The first-order chi connectivity index (χ1) is 8.67. The lowest BCUT2D eigenvalue weighted by Crippen LogP contribution is -2.06. The summed E-state index contributed by atoms with van der Waals surface area (Å²) in [5, 5.41) is 3.13. The third-order valence-electron chi connectivity index (χ3n) is 2.33. The number of methoxy groups -OCH3 is 1. The molecule has 6 heteroatoms. The van der Waals surface area contributed by atoms with Crippen molar-refractivity contribution in [2.75, 3.05) is 18.2 Å². The Morgan fingerprint density at radius 3 is 2.83 bits per heavy atom. The second-order valence-electron chi connectivity index (χ2n) is 3.78. The molecule has 0 bridgehead atoms. The van der Waals surface area contributed by atoms with Gasteiger partial charge in [0.05, 0.1) is 19.3 Å². The first-order valence-corrected chi connectivity index (χ1v) is 5.52. The summed E-state index contributed by atoms with van der Waals surface area (Å²) >= 11 is 0. The molecule has 18 heavy (non-hydrogen) atoms. The zero-order chi connectivity index (χ0) is 13.0. The van der Waals surface area contributed by atoms with E-state index in [1.54, 1.807) is 6.07 Å². The van der Waals surface area contributed by atoms with Gasteiger partial charge in [0.2, 0.25) is 11.8 Å². The highest BCUT2D eigenvalue weighted by Crippen LogP contribution is 2.14. The van der Waals surface area contributed by atoms with Crippen LogP contribution in [-0.2, 0) is 6.54 Å². The Hall–Kier alpha value is -2.37. The van der Waals surface area contributed by atoms with E-state index in [1.165, 1.54) is 7.11 Å². The minimum atomic E-state index is 0.175. The van der Waals surface area contributed by atoms with E-state index in [0.29, 0.717) is 18.2 Å². The van der Waals surface area contributed by atoms with Crippen LogP contribution in [0.2, 0.25) is 0 Å². The molecule has 2 heterocycles. The maximum Gasteiger partial charge on any atom is 0.225 e. The molecule has 6 nitrogen and oxygen atoms in total. The first-order valence-electron chi connectivity index (χ1n) is 5.52. The van der Waals surface area contributed by atoms with Gasteiger partial charge < -0.3 is 15.8 Å². The van der Waals surface area contributed by atoms with Crippen LogP contribution < -0.4 is 15.8 Å². The second kappa shape index (κ2) is 5.31. The number of nitrogens with zero attached hydrogens (tertiary/aromatic N) is 3. The number of pyridine rings is 1. The van der Waals surface area contributed by atoms with Crippen molar-refractivity contribution in [2.45, 2.75) is 13.5 Å².